The van der Waals surface area contributed by atoms with E-state index in [0.29, 0.717) is 11.3 Å². The third-order valence-corrected chi connectivity index (χ3v) is 2.23. The minimum Gasteiger partial charge on any atom is -0.465 e. The highest BCUT2D eigenvalue weighted by Gasteiger charge is 2.07. The fourth-order valence-corrected chi connectivity index (χ4v) is 1.24. The Bertz CT molecular complexity index is 336. The number of anilines is 1. The van der Waals surface area contributed by atoms with Gasteiger partial charge in [-0.2, -0.15) is 0 Å². The van der Waals surface area contributed by atoms with Crippen LogP contribution in [0.15, 0.2) is 22.7 Å². The zero-order valence-corrected chi connectivity index (χ0v) is 11.0. The molecule has 86 valence electrons. The van der Waals surface area contributed by atoms with E-state index in [9.17, 15) is 4.79 Å². The van der Waals surface area contributed by atoms with Crippen LogP contribution in [0.1, 0.15) is 10.4 Å². The van der Waals surface area contributed by atoms with Gasteiger partial charge >= 0.3 is 5.97 Å². The van der Waals surface area contributed by atoms with Gasteiger partial charge in [0, 0.05) is 4.47 Å². The molecule has 0 radical (unpaired) electrons. The summed E-state index contributed by atoms with van der Waals surface area (Å²) in [5.74, 6) is 4.84. The summed E-state index contributed by atoms with van der Waals surface area (Å²) in [5.41, 5.74) is 3.56. The van der Waals surface area contributed by atoms with Crippen LogP contribution in [-0.4, -0.2) is 13.1 Å². The van der Waals surface area contributed by atoms with E-state index < -0.39 is 0 Å². The second kappa shape index (κ2) is 7.76. The maximum absolute atomic E-state index is 11.1. The molecule has 0 amide bonds. The Kier molecular flexibility index (Phi) is 8.75. The molecule has 0 bridgehead atoms. The number of halogens is 3. The molecule has 0 aliphatic rings. The zero-order valence-electron chi connectivity index (χ0n) is 7.82. The van der Waals surface area contributed by atoms with Crippen molar-refractivity contribution in [1.82, 2.24) is 0 Å². The maximum atomic E-state index is 11.1. The van der Waals surface area contributed by atoms with Gasteiger partial charge in [-0.25, -0.2) is 4.79 Å². The van der Waals surface area contributed by atoms with Crippen LogP contribution in [0, 0.1) is 0 Å². The van der Waals surface area contributed by atoms with Crippen LogP contribution in [-0.2, 0) is 4.74 Å². The first-order chi connectivity index (χ1) is 6.19. The lowest BCUT2D eigenvalue weighted by atomic mass is 10.2. The summed E-state index contributed by atoms with van der Waals surface area (Å²) in [4.78, 5) is 11.1. The summed E-state index contributed by atoms with van der Waals surface area (Å²) < 4.78 is 5.35. The highest BCUT2D eigenvalue weighted by molar-refractivity contribution is 9.10. The van der Waals surface area contributed by atoms with Gasteiger partial charge in [0.05, 0.1) is 18.4 Å². The lowest BCUT2D eigenvalue weighted by Crippen LogP contribution is -2.09. The number of methoxy groups -OCH3 is 1. The average molecular weight is 318 g/mol. The number of benzene rings is 1. The summed E-state index contributed by atoms with van der Waals surface area (Å²) in [7, 11) is 1.33. The molecule has 3 N–H and O–H groups in total. The Balaban J connectivity index is 0. The molecule has 0 saturated carbocycles. The van der Waals surface area contributed by atoms with Crippen LogP contribution in [0.25, 0.3) is 0 Å². The smallest absolute Gasteiger partial charge is 0.337 e. The van der Waals surface area contributed by atoms with Crippen molar-refractivity contribution in [3.63, 3.8) is 0 Å². The van der Waals surface area contributed by atoms with Crippen LogP contribution < -0.4 is 11.3 Å². The molecule has 1 aromatic carbocycles. The van der Waals surface area contributed by atoms with Gasteiger partial charge < -0.3 is 10.2 Å². The molecule has 1 aromatic rings. The molecule has 0 spiro atoms. The molecule has 0 unspecified atom stereocenters. The monoisotopic (exact) mass is 316 g/mol. The summed E-state index contributed by atoms with van der Waals surface area (Å²) >= 11 is 3.27. The van der Waals surface area contributed by atoms with Crippen molar-refractivity contribution in [2.45, 2.75) is 0 Å². The number of esters is 1. The lowest BCUT2D eigenvalue weighted by Gasteiger charge is -2.05. The number of ether oxygens (including phenoxy) is 1. The number of carbonyl (C=O) groups excluding carboxylic acids is 1. The standard InChI is InChI=1S/C8H9BrN2O2.2ClH/c1-13-8(12)5-2-3-6(9)7(4-5)11-10;;/h2-4,11H,10H2,1H3;2*1H. The van der Waals surface area contributed by atoms with Crippen LogP contribution in [0.5, 0.6) is 0 Å². The number of nitrogen functional groups attached to an aromatic ring is 1. The lowest BCUT2D eigenvalue weighted by molar-refractivity contribution is 0.0601. The molecule has 0 atom stereocenters. The summed E-state index contributed by atoms with van der Waals surface area (Å²) in [5, 5.41) is 0. The van der Waals surface area contributed by atoms with Gasteiger partial charge in [0.25, 0.3) is 0 Å². The highest BCUT2D eigenvalue weighted by atomic mass is 79.9. The second-order valence-corrected chi connectivity index (χ2v) is 3.18. The van der Waals surface area contributed by atoms with E-state index >= 15 is 0 Å². The van der Waals surface area contributed by atoms with E-state index in [2.05, 4.69) is 26.1 Å². The number of nitrogens with two attached hydrogens (primary N) is 1. The van der Waals surface area contributed by atoms with Crippen molar-refractivity contribution in [2.75, 3.05) is 12.5 Å². The molecule has 15 heavy (non-hydrogen) atoms. The zero-order chi connectivity index (χ0) is 9.84. The molecule has 0 aliphatic carbocycles. The fourth-order valence-electron chi connectivity index (χ4n) is 0.881. The molecule has 0 aromatic heterocycles. The Labute approximate surface area is 108 Å². The van der Waals surface area contributed by atoms with Gasteiger partial charge in [-0.3, -0.25) is 5.84 Å². The fraction of sp³-hybridized carbons (Fsp3) is 0.125. The molecule has 0 heterocycles. The van der Waals surface area contributed by atoms with Gasteiger partial charge in [0.2, 0.25) is 0 Å². The Hall–Kier alpha value is -0.490. The van der Waals surface area contributed by atoms with Crippen molar-refractivity contribution >= 4 is 52.4 Å². The first-order valence-electron chi connectivity index (χ1n) is 3.53. The van der Waals surface area contributed by atoms with Crippen LogP contribution in [0.3, 0.4) is 0 Å². The van der Waals surface area contributed by atoms with E-state index in [-0.39, 0.29) is 30.8 Å². The van der Waals surface area contributed by atoms with Crippen molar-refractivity contribution in [3.05, 3.63) is 28.2 Å². The molecular formula is C8H11BrCl2N2O2. The van der Waals surface area contributed by atoms with Crippen LogP contribution in [0.2, 0.25) is 0 Å². The first-order valence-corrected chi connectivity index (χ1v) is 4.33. The van der Waals surface area contributed by atoms with E-state index in [4.69, 9.17) is 5.84 Å². The molecule has 0 saturated heterocycles. The van der Waals surface area contributed by atoms with Gasteiger partial charge in [-0.15, -0.1) is 24.8 Å². The largest absolute Gasteiger partial charge is 0.465 e. The van der Waals surface area contributed by atoms with E-state index in [1.54, 1.807) is 18.2 Å². The van der Waals surface area contributed by atoms with Crippen molar-refractivity contribution in [1.29, 1.82) is 0 Å². The van der Waals surface area contributed by atoms with Crippen LogP contribution in [0.4, 0.5) is 5.69 Å². The number of rotatable bonds is 2. The predicted octanol–water partition coefficient (Wildman–Crippen LogP) is 2.36. The molecule has 0 aliphatic heterocycles. The summed E-state index contributed by atoms with van der Waals surface area (Å²) in [6.07, 6.45) is 0. The highest BCUT2D eigenvalue weighted by Crippen LogP contribution is 2.22. The number of hydrazine groups is 1. The van der Waals surface area contributed by atoms with Crippen molar-refractivity contribution in [3.8, 4) is 0 Å². The third-order valence-electron chi connectivity index (χ3n) is 1.54. The van der Waals surface area contributed by atoms with Gasteiger partial charge in [-0.1, -0.05) is 0 Å². The number of hydrogen-bond acceptors (Lipinski definition) is 4. The topological polar surface area (TPSA) is 64.3 Å². The van der Waals surface area contributed by atoms with Gasteiger partial charge in [-0.05, 0) is 34.1 Å². The first kappa shape index (κ1) is 16.9. The number of nitrogens with one attached hydrogen (secondary N) is 1. The van der Waals surface area contributed by atoms with E-state index in [0.717, 1.165) is 4.47 Å². The maximum Gasteiger partial charge on any atom is 0.337 e. The third kappa shape index (κ3) is 4.25. The van der Waals surface area contributed by atoms with E-state index in [1.165, 1.54) is 7.11 Å². The minimum atomic E-state index is -0.385. The van der Waals surface area contributed by atoms with Gasteiger partial charge in [0.1, 0.15) is 0 Å². The van der Waals surface area contributed by atoms with Crippen molar-refractivity contribution < 1.29 is 9.53 Å². The van der Waals surface area contributed by atoms with Crippen LogP contribution >= 0.6 is 40.7 Å². The quantitative estimate of drug-likeness (QED) is 0.499. The summed E-state index contributed by atoms with van der Waals surface area (Å²) in [6.45, 7) is 0. The Morgan fingerprint density at radius 3 is 2.53 bits per heavy atom. The predicted molar refractivity (Wildman–Crippen MR) is 67.8 cm³/mol. The van der Waals surface area contributed by atoms with Crippen molar-refractivity contribution in [2.24, 2.45) is 5.84 Å². The number of hydrogen-bond donors (Lipinski definition) is 2. The van der Waals surface area contributed by atoms with E-state index in [1.807, 2.05) is 0 Å². The molecule has 1 rings (SSSR count). The molecule has 0 fully saturated rings. The molecule has 4 nitrogen and oxygen atoms in total. The summed E-state index contributed by atoms with van der Waals surface area (Å²) in [6, 6.07) is 4.98. The second-order valence-electron chi connectivity index (χ2n) is 2.33. The Morgan fingerprint density at radius 1 is 1.47 bits per heavy atom. The van der Waals surface area contributed by atoms with Gasteiger partial charge in [0.15, 0.2) is 0 Å². The molecule has 7 heteroatoms. The number of carbonyl (C=O) groups is 1. The normalized spacial score (nSPS) is 8.20. The minimum absolute atomic E-state index is 0. The SMILES string of the molecule is COC(=O)c1ccc(Br)c(NN)c1.Cl.Cl. The average Bonchev–Trinajstić information content (AvgIpc) is 2.17. The Morgan fingerprint density at radius 2 is 2.07 bits per heavy atom. The molecular weight excluding hydrogens is 307 g/mol.